The lowest BCUT2D eigenvalue weighted by Crippen LogP contribution is -2.38. The van der Waals surface area contributed by atoms with Crippen LogP contribution in [-0.2, 0) is 20.2 Å². The van der Waals surface area contributed by atoms with Crippen molar-refractivity contribution in [3.8, 4) is 0 Å². The lowest BCUT2D eigenvalue weighted by atomic mass is 9.78. The van der Waals surface area contributed by atoms with Gasteiger partial charge in [-0.15, -0.1) is 0 Å². The topological polar surface area (TPSA) is 66.5 Å². The monoisotopic (exact) mass is 404 g/mol. The highest BCUT2D eigenvalue weighted by Crippen LogP contribution is 2.42. The van der Waals surface area contributed by atoms with Crippen molar-refractivity contribution < 1.29 is 17.6 Å². The summed E-state index contributed by atoms with van der Waals surface area (Å²) in [5.41, 5.74) is 1.08. The minimum atomic E-state index is -3.61. The summed E-state index contributed by atoms with van der Waals surface area (Å²) < 4.78 is 39.8. The summed E-state index contributed by atoms with van der Waals surface area (Å²) in [4.78, 5) is 13.4. The second-order valence-electron chi connectivity index (χ2n) is 7.52. The highest BCUT2D eigenvalue weighted by atomic mass is 32.2. The van der Waals surface area contributed by atoms with E-state index >= 15 is 0 Å². The fourth-order valence-corrected chi connectivity index (χ4v) is 4.69. The molecule has 1 aliphatic rings. The molecule has 1 N–H and O–H groups in total. The first kappa shape index (κ1) is 20.5. The zero-order chi connectivity index (χ0) is 20.5. The van der Waals surface area contributed by atoms with Gasteiger partial charge in [0.25, 0.3) is 0 Å². The quantitative estimate of drug-likeness (QED) is 0.824. The predicted octanol–water partition coefficient (Wildman–Crippen LogP) is 3.83. The molecule has 28 heavy (non-hydrogen) atoms. The fourth-order valence-electron chi connectivity index (χ4n) is 3.76. The van der Waals surface area contributed by atoms with Crippen molar-refractivity contribution >= 4 is 21.6 Å². The van der Waals surface area contributed by atoms with Crippen molar-refractivity contribution in [2.24, 2.45) is 0 Å². The first-order valence-corrected chi connectivity index (χ1v) is 10.7. The Morgan fingerprint density at radius 3 is 2.39 bits per heavy atom. The SMILES string of the molecule is Cc1ccc(S(=O)(=O)N(C)C)cc1NC(=O)C1(c2cccc(F)c2)CCCC1. The molecule has 150 valence electrons. The number of amides is 1. The molecule has 1 fully saturated rings. The summed E-state index contributed by atoms with van der Waals surface area (Å²) in [5.74, 6) is -0.593. The number of hydrogen-bond acceptors (Lipinski definition) is 3. The van der Waals surface area contributed by atoms with Gasteiger partial charge in [0, 0.05) is 19.8 Å². The van der Waals surface area contributed by atoms with E-state index in [1.54, 1.807) is 18.2 Å². The van der Waals surface area contributed by atoms with E-state index in [1.165, 1.54) is 38.4 Å². The van der Waals surface area contributed by atoms with Crippen LogP contribution in [0.5, 0.6) is 0 Å². The number of rotatable bonds is 5. The van der Waals surface area contributed by atoms with Gasteiger partial charge in [-0.2, -0.15) is 0 Å². The molecule has 0 radical (unpaired) electrons. The lowest BCUT2D eigenvalue weighted by molar-refractivity contribution is -0.121. The summed E-state index contributed by atoms with van der Waals surface area (Å²) in [5, 5.41) is 2.92. The van der Waals surface area contributed by atoms with Crippen LogP contribution in [0.1, 0.15) is 36.8 Å². The van der Waals surface area contributed by atoms with Crippen molar-refractivity contribution in [1.29, 1.82) is 0 Å². The molecule has 0 aromatic heterocycles. The van der Waals surface area contributed by atoms with Gasteiger partial charge in [-0.3, -0.25) is 4.79 Å². The van der Waals surface area contributed by atoms with Crippen molar-refractivity contribution in [2.45, 2.75) is 42.9 Å². The third kappa shape index (κ3) is 3.69. The Bertz CT molecular complexity index is 996. The maximum absolute atomic E-state index is 13.8. The predicted molar refractivity (Wildman–Crippen MR) is 107 cm³/mol. The van der Waals surface area contributed by atoms with E-state index in [2.05, 4.69) is 5.32 Å². The molecule has 1 saturated carbocycles. The Balaban J connectivity index is 1.97. The van der Waals surface area contributed by atoms with Gasteiger partial charge in [0.1, 0.15) is 5.82 Å². The number of nitrogens with zero attached hydrogens (tertiary/aromatic N) is 1. The molecular weight excluding hydrogens is 379 g/mol. The Hall–Kier alpha value is -2.25. The first-order valence-electron chi connectivity index (χ1n) is 9.27. The van der Waals surface area contributed by atoms with Crippen LogP contribution in [0, 0.1) is 12.7 Å². The van der Waals surface area contributed by atoms with E-state index in [9.17, 15) is 17.6 Å². The van der Waals surface area contributed by atoms with Crippen LogP contribution in [0.25, 0.3) is 0 Å². The van der Waals surface area contributed by atoms with E-state index < -0.39 is 15.4 Å². The Morgan fingerprint density at radius 2 is 1.79 bits per heavy atom. The molecule has 1 aliphatic carbocycles. The zero-order valence-corrected chi connectivity index (χ0v) is 17.1. The number of nitrogens with one attached hydrogen (secondary N) is 1. The zero-order valence-electron chi connectivity index (χ0n) is 16.3. The average Bonchev–Trinajstić information content (AvgIpc) is 3.14. The molecule has 3 rings (SSSR count). The van der Waals surface area contributed by atoms with Crippen LogP contribution in [0.15, 0.2) is 47.4 Å². The first-order chi connectivity index (χ1) is 13.2. The summed E-state index contributed by atoms with van der Waals surface area (Å²) in [6.45, 7) is 1.81. The molecule has 1 amide bonds. The van der Waals surface area contributed by atoms with Gasteiger partial charge in [0.2, 0.25) is 15.9 Å². The van der Waals surface area contributed by atoms with Crippen LogP contribution in [0.2, 0.25) is 0 Å². The van der Waals surface area contributed by atoms with Gasteiger partial charge in [-0.05, 0) is 55.2 Å². The number of sulfonamides is 1. The Kier molecular flexibility index (Phi) is 5.59. The van der Waals surface area contributed by atoms with Gasteiger partial charge in [-0.1, -0.05) is 31.0 Å². The number of carbonyl (C=O) groups excluding carboxylic acids is 1. The summed E-state index contributed by atoms with van der Waals surface area (Å²) >= 11 is 0. The van der Waals surface area contributed by atoms with Gasteiger partial charge in [-0.25, -0.2) is 17.1 Å². The maximum Gasteiger partial charge on any atom is 0.242 e. The number of aryl methyl sites for hydroxylation is 1. The molecule has 0 spiro atoms. The van der Waals surface area contributed by atoms with Crippen molar-refractivity contribution in [2.75, 3.05) is 19.4 Å². The smallest absolute Gasteiger partial charge is 0.242 e. The van der Waals surface area contributed by atoms with Crippen molar-refractivity contribution in [1.82, 2.24) is 4.31 Å². The molecule has 0 atom stereocenters. The third-order valence-electron chi connectivity index (χ3n) is 5.50. The molecule has 0 unspecified atom stereocenters. The molecule has 7 heteroatoms. The minimum Gasteiger partial charge on any atom is -0.325 e. The summed E-state index contributed by atoms with van der Waals surface area (Å²) in [7, 11) is -0.685. The second kappa shape index (κ2) is 7.64. The minimum absolute atomic E-state index is 0.115. The molecular formula is C21H25FN2O3S. The van der Waals surface area contributed by atoms with Crippen LogP contribution >= 0.6 is 0 Å². The number of benzene rings is 2. The highest BCUT2D eigenvalue weighted by molar-refractivity contribution is 7.89. The summed E-state index contributed by atoms with van der Waals surface area (Å²) in [6.07, 6.45) is 3.05. The normalized spacial score (nSPS) is 16.3. The van der Waals surface area contributed by atoms with E-state index in [4.69, 9.17) is 0 Å². The van der Waals surface area contributed by atoms with Crippen molar-refractivity contribution in [3.63, 3.8) is 0 Å². The molecule has 0 aliphatic heterocycles. The average molecular weight is 405 g/mol. The van der Waals surface area contributed by atoms with Gasteiger partial charge in [0.15, 0.2) is 0 Å². The van der Waals surface area contributed by atoms with Crippen LogP contribution in [-0.4, -0.2) is 32.7 Å². The highest BCUT2D eigenvalue weighted by Gasteiger charge is 2.43. The second-order valence-corrected chi connectivity index (χ2v) is 9.67. The van der Waals surface area contributed by atoms with Crippen LogP contribution in [0.4, 0.5) is 10.1 Å². The fraction of sp³-hybridized carbons (Fsp3) is 0.381. The van der Waals surface area contributed by atoms with Crippen molar-refractivity contribution in [3.05, 3.63) is 59.4 Å². The van der Waals surface area contributed by atoms with E-state index in [-0.39, 0.29) is 16.6 Å². The molecule has 0 heterocycles. The number of halogens is 1. The van der Waals surface area contributed by atoms with Crippen LogP contribution < -0.4 is 5.32 Å². The summed E-state index contributed by atoms with van der Waals surface area (Å²) in [6, 6.07) is 10.9. The molecule has 2 aromatic carbocycles. The van der Waals surface area contributed by atoms with Gasteiger partial charge in [0.05, 0.1) is 10.3 Å². The standard InChI is InChI=1S/C21H25FN2O3S/c1-15-9-10-18(28(26,27)24(2)3)14-19(15)23-20(25)21(11-4-5-12-21)16-7-6-8-17(22)13-16/h6-10,13-14H,4-5,11-12H2,1-3H3,(H,23,25). The van der Waals surface area contributed by atoms with E-state index in [0.717, 1.165) is 22.7 Å². The van der Waals surface area contributed by atoms with E-state index in [0.29, 0.717) is 24.1 Å². The number of hydrogen-bond donors (Lipinski definition) is 1. The third-order valence-corrected chi connectivity index (χ3v) is 7.32. The maximum atomic E-state index is 13.8. The lowest BCUT2D eigenvalue weighted by Gasteiger charge is -2.29. The Morgan fingerprint density at radius 1 is 1.11 bits per heavy atom. The molecule has 0 bridgehead atoms. The molecule has 5 nitrogen and oxygen atoms in total. The number of anilines is 1. The Labute approximate surface area is 165 Å². The van der Waals surface area contributed by atoms with Gasteiger partial charge < -0.3 is 5.32 Å². The largest absolute Gasteiger partial charge is 0.325 e. The number of carbonyl (C=O) groups is 1. The molecule has 2 aromatic rings. The van der Waals surface area contributed by atoms with Gasteiger partial charge >= 0.3 is 0 Å². The van der Waals surface area contributed by atoms with Crippen LogP contribution in [0.3, 0.4) is 0 Å². The molecule has 0 saturated heterocycles. The van der Waals surface area contributed by atoms with E-state index in [1.807, 2.05) is 6.92 Å².